The van der Waals surface area contributed by atoms with Crippen LogP contribution in [0.1, 0.15) is 23.4 Å². The van der Waals surface area contributed by atoms with E-state index < -0.39 is 0 Å². The second-order valence-electron chi connectivity index (χ2n) is 4.99. The average Bonchev–Trinajstić information content (AvgIpc) is 3.30. The van der Waals surface area contributed by atoms with Crippen LogP contribution >= 0.6 is 23.1 Å². The van der Waals surface area contributed by atoms with E-state index in [1.807, 2.05) is 54.8 Å². The molecule has 0 unspecified atom stereocenters. The smallest absolute Gasteiger partial charge is 0.231 e. The molecule has 8 heteroatoms. The van der Waals surface area contributed by atoms with Crippen molar-refractivity contribution in [3.05, 3.63) is 58.3 Å². The molecule has 24 heavy (non-hydrogen) atoms. The zero-order chi connectivity index (χ0) is 16.8. The van der Waals surface area contributed by atoms with Gasteiger partial charge in [0.2, 0.25) is 11.1 Å². The van der Waals surface area contributed by atoms with E-state index in [1.54, 1.807) is 16.0 Å². The van der Waals surface area contributed by atoms with E-state index in [2.05, 4.69) is 20.8 Å². The third-order valence-corrected chi connectivity index (χ3v) is 5.29. The van der Waals surface area contributed by atoms with Gasteiger partial charge < -0.3 is 5.32 Å². The molecule has 0 fully saturated rings. The minimum Gasteiger partial charge on any atom is -0.344 e. The number of nitrogens with one attached hydrogen (secondary N) is 1. The molecule has 2 aromatic heterocycles. The molecule has 0 saturated heterocycles. The van der Waals surface area contributed by atoms with E-state index in [0.717, 1.165) is 10.4 Å². The number of carbonyl (C=O) groups is 1. The lowest BCUT2D eigenvalue weighted by atomic mass is 10.1. The molecule has 3 aromatic rings. The molecule has 0 aliphatic heterocycles. The van der Waals surface area contributed by atoms with Crippen LogP contribution in [0, 0.1) is 0 Å². The van der Waals surface area contributed by atoms with E-state index in [1.165, 1.54) is 11.8 Å². The maximum Gasteiger partial charge on any atom is 0.231 e. The van der Waals surface area contributed by atoms with E-state index >= 15 is 0 Å². The summed E-state index contributed by atoms with van der Waals surface area (Å²) in [4.78, 5) is 13.5. The van der Waals surface area contributed by atoms with Gasteiger partial charge in [-0.3, -0.25) is 4.79 Å². The highest BCUT2D eigenvalue weighted by Crippen LogP contribution is 2.26. The fourth-order valence-electron chi connectivity index (χ4n) is 2.25. The Hall–Kier alpha value is -2.19. The summed E-state index contributed by atoms with van der Waals surface area (Å²) < 4.78 is 1.67. The molecule has 0 radical (unpaired) electrons. The number of hydrogen-bond donors (Lipinski definition) is 1. The quantitative estimate of drug-likeness (QED) is 0.657. The Bertz CT molecular complexity index is 773. The van der Waals surface area contributed by atoms with Crippen LogP contribution in [0.3, 0.4) is 0 Å². The Kier molecular flexibility index (Phi) is 5.60. The first-order chi connectivity index (χ1) is 11.8. The lowest BCUT2D eigenvalue weighted by molar-refractivity contribution is -0.119. The Morgan fingerprint density at radius 3 is 2.83 bits per heavy atom. The lowest BCUT2D eigenvalue weighted by Crippen LogP contribution is -2.30. The second-order valence-corrected chi connectivity index (χ2v) is 6.91. The molecular weight excluding hydrogens is 342 g/mol. The molecule has 1 aromatic carbocycles. The largest absolute Gasteiger partial charge is 0.344 e. The van der Waals surface area contributed by atoms with Crippen LogP contribution in [0.5, 0.6) is 0 Å². The number of aromatic nitrogens is 4. The molecule has 0 bridgehead atoms. The fourth-order valence-corrected chi connectivity index (χ4v) is 3.81. The van der Waals surface area contributed by atoms with Gasteiger partial charge in [0, 0.05) is 11.4 Å². The van der Waals surface area contributed by atoms with Crippen molar-refractivity contribution in [1.82, 2.24) is 25.5 Å². The van der Waals surface area contributed by atoms with Gasteiger partial charge in [-0.25, -0.2) is 4.68 Å². The van der Waals surface area contributed by atoms with Crippen molar-refractivity contribution < 1.29 is 4.79 Å². The number of rotatable bonds is 7. The summed E-state index contributed by atoms with van der Waals surface area (Å²) in [6, 6.07) is 13.9. The van der Waals surface area contributed by atoms with Crippen molar-refractivity contribution in [3.8, 4) is 0 Å². The zero-order valence-electron chi connectivity index (χ0n) is 13.1. The minimum atomic E-state index is -0.138. The molecule has 2 heterocycles. The summed E-state index contributed by atoms with van der Waals surface area (Å²) in [5.41, 5.74) is 1.07. The van der Waals surface area contributed by atoms with Crippen molar-refractivity contribution >= 4 is 29.0 Å². The molecule has 0 saturated carbocycles. The molecule has 1 amide bonds. The van der Waals surface area contributed by atoms with Gasteiger partial charge in [-0.15, -0.1) is 16.4 Å². The summed E-state index contributed by atoms with van der Waals surface area (Å²) in [5.74, 6) is 0.225. The van der Waals surface area contributed by atoms with Gasteiger partial charge in [-0.1, -0.05) is 48.2 Å². The number of amides is 1. The molecule has 0 aliphatic rings. The summed E-state index contributed by atoms with van der Waals surface area (Å²) in [6.45, 7) is 2.64. The summed E-state index contributed by atoms with van der Waals surface area (Å²) >= 11 is 2.97. The number of aryl methyl sites for hydroxylation is 1. The van der Waals surface area contributed by atoms with Crippen molar-refractivity contribution in [1.29, 1.82) is 0 Å². The van der Waals surface area contributed by atoms with Gasteiger partial charge in [0.15, 0.2) is 0 Å². The van der Waals surface area contributed by atoms with Crippen LogP contribution in [-0.4, -0.2) is 31.9 Å². The Morgan fingerprint density at radius 2 is 2.12 bits per heavy atom. The van der Waals surface area contributed by atoms with E-state index in [9.17, 15) is 4.79 Å². The maximum atomic E-state index is 12.4. The number of carbonyl (C=O) groups excluding carboxylic acids is 1. The number of thioether (sulfide) groups is 1. The SMILES string of the molecule is CCn1nnnc1SCC(=O)N[C@H](c1ccccc1)c1cccs1. The molecule has 1 N–H and O–H groups in total. The van der Waals surface area contributed by atoms with Crippen LogP contribution in [0.25, 0.3) is 0 Å². The maximum absolute atomic E-state index is 12.4. The number of nitrogens with zero attached hydrogens (tertiary/aromatic N) is 4. The van der Waals surface area contributed by atoms with E-state index in [-0.39, 0.29) is 17.7 Å². The van der Waals surface area contributed by atoms with Crippen LogP contribution in [0.15, 0.2) is 53.0 Å². The van der Waals surface area contributed by atoms with Crippen molar-refractivity contribution in [2.24, 2.45) is 0 Å². The minimum absolute atomic E-state index is 0.0482. The van der Waals surface area contributed by atoms with Gasteiger partial charge in [-0.2, -0.15) is 0 Å². The molecule has 0 spiro atoms. The Labute approximate surface area is 148 Å². The third kappa shape index (κ3) is 4.01. The molecule has 6 nitrogen and oxygen atoms in total. The van der Waals surface area contributed by atoms with Gasteiger partial charge in [0.1, 0.15) is 0 Å². The number of hydrogen-bond acceptors (Lipinski definition) is 6. The predicted octanol–water partition coefficient (Wildman–Crippen LogP) is 2.75. The lowest BCUT2D eigenvalue weighted by Gasteiger charge is -2.18. The molecular formula is C16H17N5OS2. The van der Waals surface area contributed by atoms with Crippen LogP contribution in [0.4, 0.5) is 0 Å². The molecule has 124 valence electrons. The highest BCUT2D eigenvalue weighted by Gasteiger charge is 2.18. The van der Waals surface area contributed by atoms with Crippen LogP contribution < -0.4 is 5.32 Å². The van der Waals surface area contributed by atoms with Crippen LogP contribution in [-0.2, 0) is 11.3 Å². The number of benzene rings is 1. The summed E-state index contributed by atoms with van der Waals surface area (Å²) in [6.07, 6.45) is 0. The Morgan fingerprint density at radius 1 is 1.29 bits per heavy atom. The third-order valence-electron chi connectivity index (χ3n) is 3.40. The highest BCUT2D eigenvalue weighted by atomic mass is 32.2. The first-order valence-electron chi connectivity index (χ1n) is 7.54. The zero-order valence-corrected chi connectivity index (χ0v) is 14.8. The average molecular weight is 359 g/mol. The monoisotopic (exact) mass is 359 g/mol. The van der Waals surface area contributed by atoms with E-state index in [4.69, 9.17) is 0 Å². The second kappa shape index (κ2) is 8.07. The van der Waals surface area contributed by atoms with Crippen molar-refractivity contribution in [2.75, 3.05) is 5.75 Å². The number of thiophene rings is 1. The first kappa shape index (κ1) is 16.7. The molecule has 0 aliphatic carbocycles. The van der Waals surface area contributed by atoms with Gasteiger partial charge >= 0.3 is 0 Å². The van der Waals surface area contributed by atoms with Gasteiger partial charge in [0.05, 0.1) is 11.8 Å². The van der Waals surface area contributed by atoms with Gasteiger partial charge in [-0.05, 0) is 34.4 Å². The molecule has 3 rings (SSSR count). The van der Waals surface area contributed by atoms with Crippen molar-refractivity contribution in [2.45, 2.75) is 24.7 Å². The fraction of sp³-hybridized carbons (Fsp3) is 0.250. The Balaban J connectivity index is 1.68. The highest BCUT2D eigenvalue weighted by molar-refractivity contribution is 7.99. The summed E-state index contributed by atoms with van der Waals surface area (Å²) in [7, 11) is 0. The van der Waals surface area contributed by atoms with Crippen LogP contribution in [0.2, 0.25) is 0 Å². The number of tetrazole rings is 1. The summed E-state index contributed by atoms with van der Waals surface area (Å²) in [5, 5.41) is 17.2. The van der Waals surface area contributed by atoms with E-state index in [0.29, 0.717) is 11.7 Å². The standard InChI is InChI=1S/C16H17N5OS2/c1-2-21-16(18-19-20-21)24-11-14(22)17-15(13-9-6-10-23-13)12-7-4-3-5-8-12/h3-10,15H,2,11H2,1H3,(H,17,22)/t15-/m1/s1. The van der Waals surface area contributed by atoms with Gasteiger partial charge in [0.25, 0.3) is 0 Å². The first-order valence-corrected chi connectivity index (χ1v) is 9.41. The predicted molar refractivity (Wildman–Crippen MR) is 95.0 cm³/mol. The topological polar surface area (TPSA) is 72.7 Å². The van der Waals surface area contributed by atoms with Crippen molar-refractivity contribution in [3.63, 3.8) is 0 Å². The molecule has 1 atom stereocenters. The normalized spacial score (nSPS) is 12.0.